The molecule has 1 unspecified atom stereocenters. The first-order valence-electron chi connectivity index (χ1n) is 11.7. The van der Waals surface area contributed by atoms with Crippen molar-refractivity contribution in [2.75, 3.05) is 18.6 Å². The summed E-state index contributed by atoms with van der Waals surface area (Å²) in [5, 5.41) is 39.4. The van der Waals surface area contributed by atoms with Crippen LogP contribution in [0.15, 0.2) is 21.8 Å². The highest BCUT2D eigenvalue weighted by Crippen LogP contribution is 2.43. The summed E-state index contributed by atoms with van der Waals surface area (Å²) in [6, 6.07) is -1.63. The second-order valence-electron chi connectivity index (χ2n) is 8.53. The number of carbonyl (C=O) groups is 5. The van der Waals surface area contributed by atoms with Gasteiger partial charge in [0.15, 0.2) is 10.8 Å². The van der Waals surface area contributed by atoms with Gasteiger partial charge >= 0.3 is 17.2 Å². The van der Waals surface area contributed by atoms with E-state index >= 15 is 0 Å². The number of hydrogen-bond donors (Lipinski definition) is 5. The molecule has 2 aliphatic heterocycles. The maximum Gasteiger partial charge on any atom is 0.378 e. The van der Waals surface area contributed by atoms with E-state index in [4.69, 9.17) is 10.6 Å². The molecule has 0 aliphatic carbocycles. The quantitative estimate of drug-likeness (QED) is 0.0525. The average molecular weight is 638 g/mol. The van der Waals surface area contributed by atoms with E-state index in [0.717, 1.165) is 33.8 Å². The molecule has 21 heteroatoms. The molecule has 0 aromatic carbocycles. The normalized spacial score (nSPS) is 20.2. The third kappa shape index (κ3) is 5.12. The predicted octanol–water partition coefficient (Wildman–Crippen LogP) is 0.226. The monoisotopic (exact) mass is 637 g/mol. The van der Waals surface area contributed by atoms with Crippen LogP contribution in [0.1, 0.15) is 39.5 Å². The Morgan fingerprint density at radius 3 is 2.64 bits per heavy atom. The average Bonchev–Trinajstić information content (AvgIpc) is 3.58. The van der Waals surface area contributed by atoms with Crippen LogP contribution in [0.25, 0.3) is 5.78 Å². The molecule has 0 saturated carbocycles. The molecule has 2 amide bonds. The number of nitrogens with zero attached hydrogens (tertiary/aromatic N) is 7. The minimum atomic E-state index is -1.70. The molecule has 6 N–H and O–H groups in total. The number of thioether (sulfide) groups is 1. The van der Waals surface area contributed by atoms with Gasteiger partial charge in [-0.15, -0.1) is 28.2 Å². The number of hydrogen-bond acceptors (Lipinski definition) is 14. The van der Waals surface area contributed by atoms with Crippen LogP contribution in [-0.4, -0.2) is 109 Å². The molecule has 220 valence electrons. The van der Waals surface area contributed by atoms with Crippen LogP contribution >= 0.6 is 33.8 Å². The number of anilines is 1. The number of nitrogen functional groups attached to an aromatic ring is 1. The molecule has 18 nitrogen and oxygen atoms in total. The summed E-state index contributed by atoms with van der Waals surface area (Å²) in [5.74, 6) is -4.95. The van der Waals surface area contributed by atoms with Crippen molar-refractivity contribution in [2.24, 2.45) is 5.16 Å². The van der Waals surface area contributed by atoms with Crippen molar-refractivity contribution < 1.29 is 44.1 Å². The Morgan fingerprint density at radius 2 is 2.02 bits per heavy atom. The molecule has 3 aromatic heterocycles. The van der Waals surface area contributed by atoms with Gasteiger partial charge in [-0.25, -0.2) is 24.4 Å². The molecule has 3 aromatic rings. The van der Waals surface area contributed by atoms with Crippen LogP contribution in [0.2, 0.25) is 0 Å². The highest BCUT2D eigenvalue weighted by atomic mass is 32.2. The van der Waals surface area contributed by atoms with Gasteiger partial charge in [0, 0.05) is 28.0 Å². The SMILES string of the molecule is CO/N=C(\C(=O)N[C@H]1C(=O)N2[C@@H]1CCC(CSc1c(C(=O)O)cnc3nc(C(=O)O)nn13)=S2C(=O)O)c1csc(N)n1. The number of β-lactam (4-membered cyclic amide) rings is 1. The fraction of sp³-hybridized carbons (Fsp3) is 0.286. The molecule has 1 fully saturated rings. The standard InChI is InChI=1S/C21H19N9O9S3/c1-39-28-11(9-6-41-19(22)24-9)14(31)25-12-10-3-2-7(42(21(37)38)30(10)15(12)32)5-40-16-8(17(33)34)4-23-20-26-13(18(35)36)27-29(16)20/h4,6,10,12H,2-3,5H2,1H3,(H2,22,24)(H,25,31)(H,33,34)(H,35,36)(H,37,38)/b28-11-/t10-,12-,42?/m1/s1. The Labute approximate surface area is 244 Å². The number of nitrogens with two attached hydrogens (primary N) is 1. The van der Waals surface area contributed by atoms with Crippen LogP contribution in [0.3, 0.4) is 0 Å². The van der Waals surface area contributed by atoms with Gasteiger partial charge in [0.25, 0.3) is 23.4 Å². The lowest BCUT2D eigenvalue weighted by Crippen LogP contribution is -2.70. The van der Waals surface area contributed by atoms with E-state index in [1.165, 1.54) is 16.8 Å². The van der Waals surface area contributed by atoms with Gasteiger partial charge in [-0.05, 0) is 17.7 Å². The van der Waals surface area contributed by atoms with Gasteiger partial charge in [0.05, 0.1) is 6.04 Å². The molecular formula is C21H19N9O9S3. The third-order valence-electron chi connectivity index (χ3n) is 6.09. The summed E-state index contributed by atoms with van der Waals surface area (Å²) >= 11 is 1.99. The number of nitrogens with one attached hydrogen (secondary N) is 1. The summed E-state index contributed by atoms with van der Waals surface area (Å²) in [6.45, 7) is 0. The predicted molar refractivity (Wildman–Crippen MR) is 148 cm³/mol. The number of oxime groups is 1. The second kappa shape index (κ2) is 11.3. The molecule has 5 heterocycles. The summed E-state index contributed by atoms with van der Waals surface area (Å²) < 4.78 is 2.16. The van der Waals surface area contributed by atoms with E-state index in [1.807, 2.05) is 0 Å². The van der Waals surface area contributed by atoms with Crippen molar-refractivity contribution in [3.05, 3.63) is 28.7 Å². The number of aromatic nitrogens is 5. The summed E-state index contributed by atoms with van der Waals surface area (Å²) in [4.78, 5) is 78.4. The first-order chi connectivity index (χ1) is 20.0. The Kier molecular flexibility index (Phi) is 7.79. The number of fused-ring (bicyclic) bond motifs is 2. The van der Waals surface area contributed by atoms with Crippen molar-refractivity contribution in [1.82, 2.24) is 34.2 Å². The van der Waals surface area contributed by atoms with Gasteiger partial charge in [-0.3, -0.25) is 13.9 Å². The smallest absolute Gasteiger partial charge is 0.378 e. The number of carbonyl (C=O) groups excluding carboxylic acids is 2. The van der Waals surface area contributed by atoms with Crippen LogP contribution in [0.5, 0.6) is 0 Å². The van der Waals surface area contributed by atoms with E-state index in [0.29, 0.717) is 11.3 Å². The zero-order valence-electron chi connectivity index (χ0n) is 21.2. The Bertz CT molecular complexity index is 1730. The maximum absolute atomic E-state index is 13.1. The second-order valence-corrected chi connectivity index (χ2v) is 12.3. The Hall–Kier alpha value is -4.63. The summed E-state index contributed by atoms with van der Waals surface area (Å²) in [7, 11) is -0.466. The van der Waals surface area contributed by atoms with Crippen molar-refractivity contribution in [2.45, 2.75) is 30.0 Å². The molecule has 0 spiro atoms. The van der Waals surface area contributed by atoms with Crippen molar-refractivity contribution >= 4 is 84.3 Å². The number of carboxylic acids is 2. The Balaban J connectivity index is 1.38. The topological polar surface area (TPSA) is 265 Å². The lowest BCUT2D eigenvalue weighted by Gasteiger charge is -2.50. The van der Waals surface area contributed by atoms with Gasteiger partial charge in [-0.2, -0.15) is 9.50 Å². The number of amides is 2. The largest absolute Gasteiger partial charge is 0.478 e. The minimum absolute atomic E-state index is 0.0104. The van der Waals surface area contributed by atoms with Crippen LogP contribution in [-0.2, 0) is 14.4 Å². The molecule has 5 rings (SSSR count). The molecular weight excluding hydrogens is 618 g/mol. The summed E-state index contributed by atoms with van der Waals surface area (Å²) in [5.41, 5.74) is 5.29. The molecule has 0 bridgehead atoms. The van der Waals surface area contributed by atoms with E-state index in [1.54, 1.807) is 0 Å². The highest BCUT2D eigenvalue weighted by Gasteiger charge is 2.53. The molecule has 0 radical (unpaired) electrons. The van der Waals surface area contributed by atoms with E-state index < -0.39 is 57.6 Å². The van der Waals surface area contributed by atoms with Gasteiger partial charge in [0.1, 0.15) is 29.4 Å². The van der Waals surface area contributed by atoms with Crippen molar-refractivity contribution in [3.8, 4) is 0 Å². The van der Waals surface area contributed by atoms with Crippen molar-refractivity contribution in [3.63, 3.8) is 0 Å². The lowest BCUT2D eigenvalue weighted by atomic mass is 9.93. The maximum atomic E-state index is 13.1. The number of thiazole rings is 1. The van der Waals surface area contributed by atoms with Gasteiger partial charge < -0.3 is 31.2 Å². The zero-order valence-corrected chi connectivity index (χ0v) is 23.6. The van der Waals surface area contributed by atoms with Crippen LogP contribution in [0, 0.1) is 0 Å². The fourth-order valence-electron chi connectivity index (χ4n) is 4.31. The minimum Gasteiger partial charge on any atom is -0.478 e. The number of aromatic carboxylic acids is 2. The number of carboxylic acid groups (broad SMARTS) is 3. The molecule has 2 aliphatic rings. The van der Waals surface area contributed by atoms with E-state index in [9.17, 15) is 39.3 Å². The highest BCUT2D eigenvalue weighted by molar-refractivity contribution is 8.27. The number of rotatable bonds is 9. The van der Waals surface area contributed by atoms with Gasteiger partial charge in [-0.1, -0.05) is 5.16 Å². The van der Waals surface area contributed by atoms with E-state index in [2.05, 4.69) is 30.5 Å². The van der Waals surface area contributed by atoms with Crippen LogP contribution < -0.4 is 11.1 Å². The molecule has 42 heavy (non-hydrogen) atoms. The molecule has 3 atom stereocenters. The first-order valence-corrected chi connectivity index (χ1v) is 14.7. The van der Waals surface area contributed by atoms with E-state index in [-0.39, 0.29) is 45.1 Å². The Morgan fingerprint density at radius 1 is 1.26 bits per heavy atom. The first kappa shape index (κ1) is 28.9. The van der Waals surface area contributed by atoms with Crippen LogP contribution in [0.4, 0.5) is 9.93 Å². The zero-order chi connectivity index (χ0) is 30.3. The van der Waals surface area contributed by atoms with Gasteiger partial charge in [0.2, 0.25) is 0 Å². The van der Waals surface area contributed by atoms with Crippen molar-refractivity contribution in [1.29, 1.82) is 0 Å². The summed E-state index contributed by atoms with van der Waals surface area (Å²) in [6.07, 6.45) is 1.57. The third-order valence-corrected chi connectivity index (χ3v) is 10.2. The molecule has 1 saturated heterocycles. The fourth-order valence-corrected chi connectivity index (χ4v) is 8.26. The lowest BCUT2D eigenvalue weighted by molar-refractivity contribution is -0.143.